The molecule has 0 amide bonds. The van der Waals surface area contributed by atoms with E-state index < -0.39 is 0 Å². The molecule has 2 aliphatic heterocycles. The Hall–Kier alpha value is -1.42. The van der Waals surface area contributed by atoms with Crippen LogP contribution in [0.25, 0.3) is 0 Å². The minimum atomic E-state index is -0.129. The molecule has 3 rings (SSSR count). The molecule has 0 saturated heterocycles. The number of fused-ring (bicyclic) bond motifs is 2. The summed E-state index contributed by atoms with van der Waals surface area (Å²) in [6, 6.07) is 4.38. The van der Waals surface area contributed by atoms with Crippen LogP contribution in [0.15, 0.2) is 12.1 Å². The molecule has 4 heteroatoms. The maximum atomic E-state index is 6.28. The molecule has 2 heterocycles. The van der Waals surface area contributed by atoms with Crippen molar-refractivity contribution in [1.82, 2.24) is 5.32 Å². The summed E-state index contributed by atoms with van der Waals surface area (Å²) < 4.78 is 17.3. The average molecular weight is 305 g/mol. The van der Waals surface area contributed by atoms with E-state index in [1.807, 2.05) is 6.07 Å². The van der Waals surface area contributed by atoms with Crippen LogP contribution in [-0.2, 0) is 0 Å². The Morgan fingerprint density at radius 3 is 2.64 bits per heavy atom. The lowest BCUT2D eigenvalue weighted by molar-refractivity contribution is 0.0439. The van der Waals surface area contributed by atoms with Gasteiger partial charge >= 0.3 is 0 Å². The lowest BCUT2D eigenvalue weighted by atomic mass is 9.86. The van der Waals surface area contributed by atoms with Crippen molar-refractivity contribution in [1.29, 1.82) is 0 Å². The smallest absolute Gasteiger partial charge is 0.231 e. The molecule has 2 aliphatic rings. The molecule has 22 heavy (non-hydrogen) atoms. The van der Waals surface area contributed by atoms with Crippen LogP contribution >= 0.6 is 0 Å². The molecule has 0 fully saturated rings. The SMILES string of the molecule is CCC1(C)CC(NCCC(C)C)c2cc3c(cc2O1)OCO3. The summed E-state index contributed by atoms with van der Waals surface area (Å²) >= 11 is 0. The molecule has 0 bridgehead atoms. The number of ether oxygens (including phenoxy) is 3. The van der Waals surface area contributed by atoms with Crippen LogP contribution in [0.2, 0.25) is 0 Å². The molecular formula is C18H27NO3. The zero-order chi connectivity index (χ0) is 15.7. The zero-order valence-corrected chi connectivity index (χ0v) is 14.1. The van der Waals surface area contributed by atoms with Crippen LogP contribution in [0.3, 0.4) is 0 Å². The Kier molecular flexibility index (Phi) is 4.22. The lowest BCUT2D eigenvalue weighted by Gasteiger charge is -2.40. The van der Waals surface area contributed by atoms with E-state index in [1.54, 1.807) is 0 Å². The van der Waals surface area contributed by atoms with E-state index in [-0.39, 0.29) is 5.60 Å². The fraction of sp³-hybridized carbons (Fsp3) is 0.667. The first kappa shape index (κ1) is 15.5. The van der Waals surface area contributed by atoms with E-state index >= 15 is 0 Å². The van der Waals surface area contributed by atoms with Gasteiger partial charge in [0.2, 0.25) is 6.79 Å². The van der Waals surface area contributed by atoms with E-state index in [0.717, 1.165) is 36.6 Å². The molecule has 2 atom stereocenters. The standard InChI is InChI=1S/C18H27NO3/c1-5-18(4)10-14(19-7-6-12(2)3)13-8-16-17(21-11-20-16)9-15(13)22-18/h8-9,12,14,19H,5-7,10-11H2,1-4H3. The first-order chi connectivity index (χ1) is 10.5. The molecule has 2 unspecified atom stereocenters. The predicted molar refractivity (Wildman–Crippen MR) is 86.7 cm³/mol. The molecule has 1 aromatic rings. The van der Waals surface area contributed by atoms with Crippen LogP contribution in [-0.4, -0.2) is 18.9 Å². The highest BCUT2D eigenvalue weighted by molar-refractivity contribution is 5.54. The van der Waals surface area contributed by atoms with Crippen molar-refractivity contribution in [2.24, 2.45) is 5.92 Å². The van der Waals surface area contributed by atoms with Crippen molar-refractivity contribution < 1.29 is 14.2 Å². The minimum absolute atomic E-state index is 0.129. The van der Waals surface area contributed by atoms with Gasteiger partial charge in [-0.1, -0.05) is 20.8 Å². The van der Waals surface area contributed by atoms with Crippen molar-refractivity contribution in [2.75, 3.05) is 13.3 Å². The van der Waals surface area contributed by atoms with Gasteiger partial charge in [-0.05, 0) is 38.3 Å². The first-order valence-corrected chi connectivity index (χ1v) is 8.36. The van der Waals surface area contributed by atoms with Gasteiger partial charge in [0.15, 0.2) is 11.5 Å². The Morgan fingerprint density at radius 1 is 1.23 bits per heavy atom. The van der Waals surface area contributed by atoms with Crippen molar-refractivity contribution >= 4 is 0 Å². The van der Waals surface area contributed by atoms with Crippen LogP contribution < -0.4 is 19.5 Å². The van der Waals surface area contributed by atoms with Gasteiger partial charge in [-0.15, -0.1) is 0 Å². The fourth-order valence-corrected chi connectivity index (χ4v) is 3.09. The van der Waals surface area contributed by atoms with Crippen LogP contribution in [0.1, 0.15) is 58.6 Å². The Bertz CT molecular complexity index is 543. The number of hydrogen-bond acceptors (Lipinski definition) is 4. The van der Waals surface area contributed by atoms with E-state index in [2.05, 4.69) is 39.1 Å². The van der Waals surface area contributed by atoms with Gasteiger partial charge in [0.05, 0.1) is 0 Å². The van der Waals surface area contributed by atoms with Crippen molar-refractivity contribution in [3.05, 3.63) is 17.7 Å². The van der Waals surface area contributed by atoms with E-state index in [0.29, 0.717) is 18.8 Å². The molecule has 0 aromatic heterocycles. The Morgan fingerprint density at radius 2 is 1.95 bits per heavy atom. The summed E-state index contributed by atoms with van der Waals surface area (Å²) in [4.78, 5) is 0. The second-order valence-electron chi connectivity index (χ2n) is 7.04. The maximum Gasteiger partial charge on any atom is 0.231 e. The predicted octanol–water partition coefficient (Wildman–Crippen LogP) is 4.04. The Labute approximate surface area is 133 Å². The summed E-state index contributed by atoms with van der Waals surface area (Å²) in [7, 11) is 0. The van der Waals surface area contributed by atoms with Crippen LogP contribution in [0, 0.1) is 5.92 Å². The van der Waals surface area contributed by atoms with Gasteiger partial charge in [-0.25, -0.2) is 0 Å². The van der Waals surface area contributed by atoms with Crippen LogP contribution in [0.5, 0.6) is 17.2 Å². The number of hydrogen-bond donors (Lipinski definition) is 1. The molecule has 4 nitrogen and oxygen atoms in total. The Balaban J connectivity index is 1.86. The summed E-state index contributed by atoms with van der Waals surface area (Å²) in [5.41, 5.74) is 1.06. The van der Waals surface area contributed by atoms with E-state index in [1.165, 1.54) is 12.0 Å². The van der Waals surface area contributed by atoms with Crippen molar-refractivity contribution in [3.63, 3.8) is 0 Å². The molecule has 122 valence electrons. The van der Waals surface area contributed by atoms with Gasteiger partial charge in [-0.2, -0.15) is 0 Å². The number of benzene rings is 1. The topological polar surface area (TPSA) is 39.7 Å². The molecular weight excluding hydrogens is 278 g/mol. The third-order valence-corrected chi connectivity index (χ3v) is 4.73. The van der Waals surface area contributed by atoms with E-state index in [4.69, 9.17) is 14.2 Å². The zero-order valence-electron chi connectivity index (χ0n) is 14.1. The number of nitrogens with one attached hydrogen (secondary N) is 1. The monoisotopic (exact) mass is 305 g/mol. The third kappa shape index (κ3) is 3.02. The van der Waals surface area contributed by atoms with Crippen molar-refractivity contribution in [3.8, 4) is 17.2 Å². The molecule has 0 aliphatic carbocycles. The van der Waals surface area contributed by atoms with E-state index in [9.17, 15) is 0 Å². The highest BCUT2D eigenvalue weighted by Crippen LogP contribution is 2.47. The third-order valence-electron chi connectivity index (χ3n) is 4.73. The highest BCUT2D eigenvalue weighted by Gasteiger charge is 2.37. The highest BCUT2D eigenvalue weighted by atomic mass is 16.7. The summed E-state index contributed by atoms with van der Waals surface area (Å²) in [6.45, 7) is 10.2. The first-order valence-electron chi connectivity index (χ1n) is 8.36. The molecule has 0 saturated carbocycles. The van der Waals surface area contributed by atoms with Gasteiger partial charge in [0.1, 0.15) is 11.4 Å². The second-order valence-corrected chi connectivity index (χ2v) is 7.04. The fourth-order valence-electron chi connectivity index (χ4n) is 3.09. The maximum absolute atomic E-state index is 6.28. The normalized spacial score (nSPS) is 26.0. The number of rotatable bonds is 5. The average Bonchev–Trinajstić information content (AvgIpc) is 2.92. The molecule has 0 radical (unpaired) electrons. The minimum Gasteiger partial charge on any atom is -0.487 e. The molecule has 0 spiro atoms. The van der Waals surface area contributed by atoms with Gasteiger partial charge in [0, 0.05) is 24.1 Å². The molecule has 1 aromatic carbocycles. The van der Waals surface area contributed by atoms with Gasteiger partial charge in [0.25, 0.3) is 0 Å². The quantitative estimate of drug-likeness (QED) is 0.891. The second kappa shape index (κ2) is 5.99. The van der Waals surface area contributed by atoms with Gasteiger partial charge in [-0.3, -0.25) is 0 Å². The summed E-state index contributed by atoms with van der Waals surface area (Å²) in [5, 5.41) is 3.71. The molecule has 1 N–H and O–H groups in total. The van der Waals surface area contributed by atoms with Crippen molar-refractivity contribution in [2.45, 2.75) is 58.6 Å². The lowest BCUT2D eigenvalue weighted by Crippen LogP contribution is -2.41. The largest absolute Gasteiger partial charge is 0.487 e. The van der Waals surface area contributed by atoms with Crippen LogP contribution in [0.4, 0.5) is 0 Å². The summed E-state index contributed by atoms with van der Waals surface area (Å²) in [5.74, 6) is 3.26. The van der Waals surface area contributed by atoms with Gasteiger partial charge < -0.3 is 19.5 Å². The summed E-state index contributed by atoms with van der Waals surface area (Å²) in [6.07, 6.45) is 3.15.